The van der Waals surface area contributed by atoms with Gasteiger partial charge in [0.1, 0.15) is 6.04 Å². The van der Waals surface area contributed by atoms with Gasteiger partial charge in [0, 0.05) is 20.5 Å². The summed E-state index contributed by atoms with van der Waals surface area (Å²) in [6.07, 6.45) is 1.13. The van der Waals surface area contributed by atoms with Crippen LogP contribution in [0.3, 0.4) is 0 Å². The van der Waals surface area contributed by atoms with Crippen molar-refractivity contribution in [3.8, 4) is 0 Å². The predicted molar refractivity (Wildman–Crippen MR) is 60.4 cm³/mol. The quantitative estimate of drug-likeness (QED) is 0.742. The molecule has 4 heteroatoms. The van der Waals surface area contributed by atoms with Crippen LogP contribution in [0.5, 0.6) is 0 Å². The van der Waals surface area contributed by atoms with Crippen LogP contribution in [0.1, 0.15) is 33.6 Å². The Bertz CT molecular complexity index is 227. The van der Waals surface area contributed by atoms with Gasteiger partial charge in [-0.25, -0.2) is 0 Å². The van der Waals surface area contributed by atoms with Crippen LogP contribution in [-0.2, 0) is 9.59 Å². The van der Waals surface area contributed by atoms with E-state index in [1.54, 1.807) is 25.9 Å². The van der Waals surface area contributed by atoms with Gasteiger partial charge in [-0.15, -0.1) is 0 Å². The van der Waals surface area contributed by atoms with Crippen LogP contribution in [-0.4, -0.2) is 36.9 Å². The fourth-order valence-corrected chi connectivity index (χ4v) is 1.48. The molecule has 1 atom stereocenters. The fourth-order valence-electron chi connectivity index (χ4n) is 1.48. The molecule has 15 heavy (non-hydrogen) atoms. The van der Waals surface area contributed by atoms with E-state index < -0.39 is 0 Å². The highest BCUT2D eigenvalue weighted by atomic mass is 16.2. The zero-order chi connectivity index (χ0) is 12.0. The molecule has 0 fully saturated rings. The predicted octanol–water partition coefficient (Wildman–Crippen LogP) is 1.02. The zero-order valence-electron chi connectivity index (χ0n) is 10.3. The summed E-state index contributed by atoms with van der Waals surface area (Å²) in [6.45, 7) is 5.88. The van der Waals surface area contributed by atoms with E-state index in [0.717, 1.165) is 0 Å². The molecule has 1 unspecified atom stereocenters. The van der Waals surface area contributed by atoms with Crippen LogP contribution in [0.25, 0.3) is 0 Å². The molecule has 0 aliphatic heterocycles. The molecule has 0 spiro atoms. The fraction of sp³-hybridized carbons (Fsp3) is 0.818. The van der Waals surface area contributed by atoms with Crippen molar-refractivity contribution in [1.29, 1.82) is 0 Å². The third-order valence-electron chi connectivity index (χ3n) is 2.41. The molecule has 0 aliphatic carbocycles. The number of nitrogens with one attached hydrogen (secondary N) is 1. The number of nitrogens with zero attached hydrogens (tertiary/aromatic N) is 1. The molecular weight excluding hydrogens is 192 g/mol. The minimum atomic E-state index is -0.345. The van der Waals surface area contributed by atoms with E-state index in [-0.39, 0.29) is 17.9 Å². The maximum absolute atomic E-state index is 11.6. The molecule has 4 nitrogen and oxygen atoms in total. The Morgan fingerprint density at radius 2 is 1.87 bits per heavy atom. The van der Waals surface area contributed by atoms with Gasteiger partial charge in [-0.3, -0.25) is 9.59 Å². The first-order valence-electron chi connectivity index (χ1n) is 5.41. The van der Waals surface area contributed by atoms with Crippen LogP contribution >= 0.6 is 0 Å². The van der Waals surface area contributed by atoms with Crippen LogP contribution in [0.15, 0.2) is 0 Å². The van der Waals surface area contributed by atoms with Gasteiger partial charge in [-0.05, 0) is 12.3 Å². The molecule has 88 valence electrons. The number of hydrogen-bond acceptors (Lipinski definition) is 2. The molecule has 0 radical (unpaired) electrons. The van der Waals surface area contributed by atoms with Crippen molar-refractivity contribution in [2.24, 2.45) is 5.92 Å². The molecule has 0 heterocycles. The zero-order valence-corrected chi connectivity index (χ0v) is 10.3. The van der Waals surface area contributed by atoms with E-state index in [0.29, 0.717) is 18.8 Å². The molecule has 0 rings (SSSR count). The summed E-state index contributed by atoms with van der Waals surface area (Å²) in [7, 11) is 3.29. The van der Waals surface area contributed by atoms with Gasteiger partial charge in [0.25, 0.3) is 0 Å². The molecule has 1 N–H and O–H groups in total. The van der Waals surface area contributed by atoms with Gasteiger partial charge in [0.05, 0.1) is 0 Å². The second kappa shape index (κ2) is 6.43. The summed E-state index contributed by atoms with van der Waals surface area (Å²) < 4.78 is 0. The Morgan fingerprint density at radius 1 is 1.33 bits per heavy atom. The van der Waals surface area contributed by atoms with Gasteiger partial charge in [-0.2, -0.15) is 0 Å². The molecule has 0 saturated carbocycles. The monoisotopic (exact) mass is 214 g/mol. The molecule has 0 saturated heterocycles. The third kappa shape index (κ3) is 4.32. The minimum absolute atomic E-state index is 0.00394. The van der Waals surface area contributed by atoms with E-state index in [1.807, 2.05) is 13.8 Å². The average molecular weight is 214 g/mol. The van der Waals surface area contributed by atoms with Crippen LogP contribution < -0.4 is 5.32 Å². The van der Waals surface area contributed by atoms with Crippen LogP contribution in [0.4, 0.5) is 0 Å². The first kappa shape index (κ1) is 13.9. The summed E-state index contributed by atoms with van der Waals surface area (Å²) in [4.78, 5) is 24.6. The van der Waals surface area contributed by atoms with Crippen molar-refractivity contribution in [3.05, 3.63) is 0 Å². The number of amides is 2. The minimum Gasteiger partial charge on any atom is -0.357 e. The maximum atomic E-state index is 11.6. The molecular formula is C11H22N2O2. The van der Waals surface area contributed by atoms with E-state index in [9.17, 15) is 9.59 Å². The third-order valence-corrected chi connectivity index (χ3v) is 2.41. The van der Waals surface area contributed by atoms with E-state index in [1.165, 1.54) is 0 Å². The average Bonchev–Trinajstić information content (AvgIpc) is 2.22. The summed E-state index contributed by atoms with van der Waals surface area (Å²) in [5, 5.41) is 2.60. The highest BCUT2D eigenvalue weighted by Crippen LogP contribution is 2.11. The molecule has 0 aromatic heterocycles. The van der Waals surface area contributed by atoms with E-state index in [4.69, 9.17) is 0 Å². The Kier molecular flexibility index (Phi) is 5.97. The van der Waals surface area contributed by atoms with Crippen LogP contribution in [0.2, 0.25) is 0 Å². The summed E-state index contributed by atoms with van der Waals surface area (Å²) in [6, 6.07) is -0.345. The lowest BCUT2D eigenvalue weighted by molar-refractivity contribution is -0.139. The van der Waals surface area contributed by atoms with Crippen molar-refractivity contribution in [3.63, 3.8) is 0 Å². The van der Waals surface area contributed by atoms with Gasteiger partial charge in [-0.1, -0.05) is 20.8 Å². The first-order valence-corrected chi connectivity index (χ1v) is 5.41. The van der Waals surface area contributed by atoms with Crippen molar-refractivity contribution < 1.29 is 9.59 Å². The van der Waals surface area contributed by atoms with E-state index >= 15 is 0 Å². The topological polar surface area (TPSA) is 49.4 Å². The summed E-state index contributed by atoms with van der Waals surface area (Å²) in [5.41, 5.74) is 0. The molecule has 0 aromatic carbocycles. The van der Waals surface area contributed by atoms with Gasteiger partial charge in [0.15, 0.2) is 0 Å². The lowest BCUT2D eigenvalue weighted by atomic mass is 10.0. The number of likely N-dealkylation sites (N-methyl/N-ethyl adjacent to an activating group) is 2. The number of carbonyl (C=O) groups excluding carboxylic acids is 2. The molecule has 0 aromatic rings. The largest absolute Gasteiger partial charge is 0.357 e. The second-order valence-electron chi connectivity index (χ2n) is 4.12. The van der Waals surface area contributed by atoms with Crippen molar-refractivity contribution in [1.82, 2.24) is 10.2 Å². The normalized spacial score (nSPS) is 12.4. The van der Waals surface area contributed by atoms with Gasteiger partial charge < -0.3 is 10.2 Å². The Hall–Kier alpha value is -1.06. The highest BCUT2D eigenvalue weighted by molar-refractivity contribution is 5.87. The van der Waals surface area contributed by atoms with Crippen molar-refractivity contribution in [2.45, 2.75) is 39.7 Å². The number of rotatable bonds is 5. The summed E-state index contributed by atoms with van der Waals surface area (Å²) in [5.74, 6) is 0.302. The highest BCUT2D eigenvalue weighted by Gasteiger charge is 2.25. The van der Waals surface area contributed by atoms with Crippen LogP contribution in [0, 0.1) is 5.92 Å². The van der Waals surface area contributed by atoms with E-state index in [2.05, 4.69) is 5.32 Å². The molecule has 0 aliphatic rings. The smallest absolute Gasteiger partial charge is 0.242 e. The number of carbonyl (C=O) groups is 2. The maximum Gasteiger partial charge on any atom is 0.242 e. The lowest BCUT2D eigenvalue weighted by Crippen LogP contribution is -2.47. The van der Waals surface area contributed by atoms with Gasteiger partial charge >= 0.3 is 0 Å². The molecule has 2 amide bonds. The van der Waals surface area contributed by atoms with Crippen molar-refractivity contribution >= 4 is 11.8 Å². The van der Waals surface area contributed by atoms with Crippen molar-refractivity contribution in [2.75, 3.05) is 14.1 Å². The Morgan fingerprint density at radius 3 is 2.20 bits per heavy atom. The Balaban J connectivity index is 4.61. The standard InChI is InChI=1S/C11H22N2O2/c1-6-10(14)13(5)9(7-8(2)3)11(15)12-4/h8-9H,6-7H2,1-5H3,(H,12,15). The molecule has 0 bridgehead atoms. The SMILES string of the molecule is CCC(=O)N(C)C(CC(C)C)C(=O)NC. The van der Waals surface area contributed by atoms with Gasteiger partial charge in [0.2, 0.25) is 11.8 Å². The number of hydrogen-bond donors (Lipinski definition) is 1. The first-order chi connectivity index (χ1) is 6.93. The second-order valence-corrected chi connectivity index (χ2v) is 4.12. The summed E-state index contributed by atoms with van der Waals surface area (Å²) >= 11 is 0. The lowest BCUT2D eigenvalue weighted by Gasteiger charge is -2.27. The Labute approximate surface area is 92.0 Å².